The monoisotopic (exact) mass is 601 g/mol. The van der Waals surface area contributed by atoms with Crippen molar-refractivity contribution in [3.05, 3.63) is 124 Å². The van der Waals surface area contributed by atoms with Gasteiger partial charge in [-0.25, -0.2) is 8.78 Å². The number of carbonyl (C=O) groups excluding carboxylic acids is 1. The van der Waals surface area contributed by atoms with Gasteiger partial charge in [-0.2, -0.15) is 0 Å². The second kappa shape index (κ2) is 12.7. The molecule has 1 aliphatic carbocycles. The molecule has 42 heavy (non-hydrogen) atoms. The van der Waals surface area contributed by atoms with Crippen molar-refractivity contribution in [2.45, 2.75) is 50.9 Å². The highest BCUT2D eigenvalue weighted by atomic mass is 35.5. The topological polar surface area (TPSA) is 45.2 Å². The molecular weight excluding hydrogens is 572 g/mol. The summed E-state index contributed by atoms with van der Waals surface area (Å²) in [4.78, 5) is 20.3. The summed E-state index contributed by atoms with van der Waals surface area (Å²) in [6, 6.07) is 24.8. The van der Waals surface area contributed by atoms with Crippen LogP contribution in [-0.4, -0.2) is 27.9 Å². The Balaban J connectivity index is 1.27. The maximum Gasteiger partial charge on any atom is 0.266 e. The normalized spacial score (nSPS) is 16.9. The van der Waals surface area contributed by atoms with Crippen molar-refractivity contribution in [3.63, 3.8) is 0 Å². The van der Waals surface area contributed by atoms with E-state index in [0.717, 1.165) is 72.4 Å². The molecule has 1 aliphatic rings. The fourth-order valence-electron chi connectivity index (χ4n) is 5.77. The maximum atomic E-state index is 14.7. The summed E-state index contributed by atoms with van der Waals surface area (Å²) in [7, 11) is 0. The second-order valence-electron chi connectivity index (χ2n) is 10.7. The van der Waals surface area contributed by atoms with Gasteiger partial charge in [-0.15, -0.1) is 11.3 Å². The smallest absolute Gasteiger partial charge is 0.266 e. The number of nitrogens with zero attached hydrogens (tertiary/aromatic N) is 2. The van der Waals surface area contributed by atoms with E-state index >= 15 is 0 Å². The third kappa shape index (κ3) is 6.09. The van der Waals surface area contributed by atoms with Gasteiger partial charge in [0.2, 0.25) is 0 Å². The third-order valence-corrected chi connectivity index (χ3v) is 9.68. The quantitative estimate of drug-likeness (QED) is 0.194. The Morgan fingerprint density at radius 1 is 0.881 bits per heavy atom. The number of halogens is 3. The van der Waals surface area contributed by atoms with Crippen LogP contribution in [0.4, 0.5) is 8.78 Å². The molecule has 0 aliphatic heterocycles. The van der Waals surface area contributed by atoms with Gasteiger partial charge >= 0.3 is 0 Å². The molecule has 1 fully saturated rings. The summed E-state index contributed by atoms with van der Waals surface area (Å²) >= 11 is 7.51. The van der Waals surface area contributed by atoms with Gasteiger partial charge in [0.25, 0.3) is 5.91 Å². The van der Waals surface area contributed by atoms with Crippen molar-refractivity contribution < 1.29 is 13.6 Å². The summed E-state index contributed by atoms with van der Waals surface area (Å²) in [6.07, 6.45) is 6.97. The molecule has 1 saturated carbocycles. The molecule has 5 aromatic rings. The number of aromatic nitrogens is 1. The van der Waals surface area contributed by atoms with E-state index < -0.39 is 11.6 Å². The van der Waals surface area contributed by atoms with Crippen LogP contribution in [0.25, 0.3) is 21.2 Å². The van der Waals surface area contributed by atoms with Crippen LogP contribution < -0.4 is 5.32 Å². The highest BCUT2D eigenvalue weighted by Gasteiger charge is 2.32. The first-order chi connectivity index (χ1) is 20.5. The van der Waals surface area contributed by atoms with Gasteiger partial charge in [0.05, 0.1) is 15.1 Å². The Kier molecular flexibility index (Phi) is 8.60. The minimum atomic E-state index is -0.631. The van der Waals surface area contributed by atoms with Gasteiger partial charge in [-0.05, 0) is 78.3 Å². The fourth-order valence-corrected chi connectivity index (χ4v) is 7.28. The van der Waals surface area contributed by atoms with E-state index in [-0.39, 0.29) is 31.9 Å². The van der Waals surface area contributed by atoms with Crippen LogP contribution in [0.3, 0.4) is 0 Å². The lowest BCUT2D eigenvalue weighted by atomic mass is 9.89. The SMILES string of the molecule is O=C(c1sc2c(F)ccc(F)c2c1Cl)N(Cc1cccc(-c2ccncc2)c1)C1CCC(NCc2ccccc2)CC1. The molecule has 6 rings (SSSR count). The molecule has 0 bridgehead atoms. The van der Waals surface area contributed by atoms with Crippen LogP contribution in [0.2, 0.25) is 5.02 Å². The van der Waals surface area contributed by atoms with Gasteiger partial charge in [0.1, 0.15) is 16.5 Å². The van der Waals surface area contributed by atoms with Crippen LogP contribution in [0.1, 0.15) is 46.5 Å². The molecule has 1 N–H and O–H groups in total. The van der Waals surface area contributed by atoms with Crippen molar-refractivity contribution in [2.24, 2.45) is 0 Å². The van der Waals surface area contributed by atoms with Crippen LogP contribution in [0, 0.1) is 11.6 Å². The molecular formula is C34H30ClF2N3OS. The number of hydrogen-bond donors (Lipinski definition) is 1. The van der Waals surface area contributed by atoms with Crippen molar-refractivity contribution >= 4 is 38.9 Å². The van der Waals surface area contributed by atoms with E-state index in [1.165, 1.54) is 5.56 Å². The first kappa shape index (κ1) is 28.5. The van der Waals surface area contributed by atoms with Gasteiger partial charge in [0, 0.05) is 37.6 Å². The molecule has 0 unspecified atom stereocenters. The molecule has 2 aromatic heterocycles. The Hall–Kier alpha value is -3.65. The summed E-state index contributed by atoms with van der Waals surface area (Å²) < 4.78 is 29.4. The van der Waals surface area contributed by atoms with Gasteiger partial charge in [0.15, 0.2) is 0 Å². The Morgan fingerprint density at radius 2 is 1.60 bits per heavy atom. The average Bonchev–Trinajstić information content (AvgIpc) is 3.40. The van der Waals surface area contributed by atoms with Crippen LogP contribution in [-0.2, 0) is 13.1 Å². The number of thiophene rings is 1. The highest BCUT2D eigenvalue weighted by molar-refractivity contribution is 7.21. The van der Waals surface area contributed by atoms with Crippen molar-refractivity contribution in [3.8, 4) is 11.1 Å². The minimum Gasteiger partial charge on any atom is -0.331 e. The number of rotatable bonds is 8. The van der Waals surface area contributed by atoms with Gasteiger partial charge < -0.3 is 10.2 Å². The maximum absolute atomic E-state index is 14.7. The standard InChI is InChI=1S/C34H30ClF2N3OS/c35-31-30-28(36)13-14-29(37)32(30)42-33(31)34(41)40(21-23-7-4-8-25(19-23)24-15-17-38-18-16-24)27-11-9-26(10-12-27)39-20-22-5-2-1-3-6-22/h1-8,13-19,26-27,39H,9-12,20-21H2. The van der Waals surface area contributed by atoms with E-state index in [1.54, 1.807) is 12.4 Å². The van der Waals surface area contributed by atoms with Crippen molar-refractivity contribution in [1.82, 2.24) is 15.2 Å². The average molecular weight is 602 g/mol. The van der Waals surface area contributed by atoms with Gasteiger partial charge in [-0.3, -0.25) is 9.78 Å². The Morgan fingerprint density at radius 3 is 2.33 bits per heavy atom. The number of nitrogens with one attached hydrogen (secondary N) is 1. The molecule has 214 valence electrons. The molecule has 0 atom stereocenters. The predicted molar refractivity (Wildman–Crippen MR) is 166 cm³/mol. The molecule has 0 spiro atoms. The lowest BCUT2D eigenvalue weighted by molar-refractivity contribution is 0.0604. The Bertz CT molecular complexity index is 1690. The second-order valence-corrected chi connectivity index (χ2v) is 12.1. The lowest BCUT2D eigenvalue weighted by Gasteiger charge is -2.37. The first-order valence-corrected chi connectivity index (χ1v) is 15.3. The summed E-state index contributed by atoms with van der Waals surface area (Å²) in [6.45, 7) is 1.16. The molecule has 4 nitrogen and oxygen atoms in total. The zero-order valence-electron chi connectivity index (χ0n) is 22.9. The minimum absolute atomic E-state index is 0.0225. The Labute approximate surface area is 253 Å². The van der Waals surface area contributed by atoms with E-state index in [9.17, 15) is 13.6 Å². The fraction of sp³-hybridized carbons (Fsp3) is 0.235. The molecule has 0 saturated heterocycles. The zero-order valence-corrected chi connectivity index (χ0v) is 24.5. The highest BCUT2D eigenvalue weighted by Crippen LogP contribution is 2.40. The molecule has 3 aromatic carbocycles. The van der Waals surface area contributed by atoms with E-state index in [0.29, 0.717) is 12.6 Å². The first-order valence-electron chi connectivity index (χ1n) is 14.1. The summed E-state index contributed by atoms with van der Waals surface area (Å²) in [5.74, 6) is -1.51. The van der Waals surface area contributed by atoms with Crippen LogP contribution >= 0.6 is 22.9 Å². The van der Waals surface area contributed by atoms with E-state index in [1.807, 2.05) is 53.4 Å². The van der Waals surface area contributed by atoms with Crippen molar-refractivity contribution in [2.75, 3.05) is 0 Å². The summed E-state index contributed by atoms with van der Waals surface area (Å²) in [5.41, 5.74) is 4.27. The number of carbonyl (C=O) groups is 1. The van der Waals surface area contributed by atoms with Crippen molar-refractivity contribution in [1.29, 1.82) is 0 Å². The third-order valence-electron chi connectivity index (χ3n) is 8.01. The number of amides is 1. The molecule has 1 amide bonds. The van der Waals surface area contributed by atoms with Gasteiger partial charge in [-0.1, -0.05) is 60.1 Å². The van der Waals surface area contributed by atoms with Crippen LogP contribution in [0.15, 0.2) is 91.3 Å². The largest absolute Gasteiger partial charge is 0.331 e. The number of fused-ring (bicyclic) bond motifs is 1. The van der Waals surface area contributed by atoms with E-state index in [2.05, 4.69) is 28.5 Å². The van der Waals surface area contributed by atoms with Crippen LogP contribution in [0.5, 0.6) is 0 Å². The number of pyridine rings is 1. The van der Waals surface area contributed by atoms with E-state index in [4.69, 9.17) is 11.6 Å². The summed E-state index contributed by atoms with van der Waals surface area (Å²) in [5, 5.41) is 3.61. The molecule has 0 radical (unpaired) electrons. The molecule has 8 heteroatoms. The number of hydrogen-bond acceptors (Lipinski definition) is 4. The number of benzene rings is 3. The zero-order chi connectivity index (χ0) is 29.1. The predicted octanol–water partition coefficient (Wildman–Crippen LogP) is 8.64. The molecule has 2 heterocycles. The lowest BCUT2D eigenvalue weighted by Crippen LogP contribution is -2.44.